The van der Waals surface area contributed by atoms with E-state index in [9.17, 15) is 0 Å². The summed E-state index contributed by atoms with van der Waals surface area (Å²) in [5, 5.41) is 0. The van der Waals surface area contributed by atoms with E-state index >= 15 is 0 Å². The van der Waals surface area contributed by atoms with E-state index in [0.29, 0.717) is 19.1 Å². The number of hydrogen-bond acceptors (Lipinski definition) is 4. The van der Waals surface area contributed by atoms with Crippen molar-refractivity contribution in [2.75, 3.05) is 33.0 Å². The third-order valence-corrected chi connectivity index (χ3v) is 3.24. The van der Waals surface area contributed by atoms with Gasteiger partial charge in [-0.2, -0.15) is 0 Å². The molecule has 0 saturated carbocycles. The molecule has 1 heterocycles. The van der Waals surface area contributed by atoms with Crippen LogP contribution in [0.3, 0.4) is 0 Å². The van der Waals surface area contributed by atoms with Crippen LogP contribution < -0.4 is 10.5 Å². The Morgan fingerprint density at radius 2 is 2.05 bits per heavy atom. The molecule has 1 unspecified atom stereocenters. The van der Waals surface area contributed by atoms with Gasteiger partial charge in [0.1, 0.15) is 5.75 Å². The normalized spacial score (nSPS) is 18.7. The molecule has 0 aliphatic carbocycles. The van der Waals surface area contributed by atoms with E-state index in [-0.39, 0.29) is 0 Å². The molecule has 0 bridgehead atoms. The Balaban J connectivity index is 1.51. The highest BCUT2D eigenvalue weighted by Gasteiger charge is 2.15. The van der Waals surface area contributed by atoms with Gasteiger partial charge in [-0.1, -0.05) is 12.1 Å². The van der Waals surface area contributed by atoms with Crippen LogP contribution in [0.4, 0.5) is 0 Å². The monoisotopic (exact) mass is 265 g/mol. The first-order valence-electron chi connectivity index (χ1n) is 6.96. The second-order valence-corrected chi connectivity index (χ2v) is 4.85. The molecule has 0 amide bonds. The van der Waals surface area contributed by atoms with Gasteiger partial charge < -0.3 is 19.9 Å². The maximum absolute atomic E-state index is 5.63. The average molecular weight is 265 g/mol. The maximum atomic E-state index is 5.63. The molecule has 0 aromatic heterocycles. The van der Waals surface area contributed by atoms with Crippen molar-refractivity contribution >= 4 is 0 Å². The highest BCUT2D eigenvalue weighted by atomic mass is 16.5. The fourth-order valence-corrected chi connectivity index (χ4v) is 2.04. The molecule has 1 atom stereocenters. The zero-order valence-corrected chi connectivity index (χ0v) is 11.3. The van der Waals surface area contributed by atoms with E-state index in [0.717, 1.165) is 50.6 Å². The lowest BCUT2D eigenvalue weighted by atomic mass is 10.1. The maximum Gasteiger partial charge on any atom is 0.119 e. The van der Waals surface area contributed by atoms with Crippen molar-refractivity contribution in [1.82, 2.24) is 0 Å². The third-order valence-electron chi connectivity index (χ3n) is 3.24. The Bertz CT molecular complexity index is 347. The van der Waals surface area contributed by atoms with Crippen LogP contribution in [0.2, 0.25) is 0 Å². The molecule has 1 fully saturated rings. The Morgan fingerprint density at radius 3 is 2.74 bits per heavy atom. The Kier molecular flexibility index (Phi) is 6.14. The van der Waals surface area contributed by atoms with E-state index in [1.165, 1.54) is 0 Å². The fraction of sp³-hybridized carbons (Fsp3) is 0.600. The van der Waals surface area contributed by atoms with Crippen molar-refractivity contribution in [3.63, 3.8) is 0 Å². The molecule has 0 radical (unpaired) electrons. The zero-order chi connectivity index (χ0) is 13.3. The summed E-state index contributed by atoms with van der Waals surface area (Å²) in [6.45, 7) is 4.55. The minimum absolute atomic E-state index is 0.568. The summed E-state index contributed by atoms with van der Waals surface area (Å²) in [4.78, 5) is 0. The lowest BCUT2D eigenvalue weighted by Gasteiger charge is -2.09. The summed E-state index contributed by atoms with van der Waals surface area (Å²) in [7, 11) is 0. The Labute approximate surface area is 114 Å². The van der Waals surface area contributed by atoms with Gasteiger partial charge in [-0.05, 0) is 24.1 Å². The van der Waals surface area contributed by atoms with Crippen molar-refractivity contribution in [3.05, 3.63) is 29.8 Å². The minimum Gasteiger partial charge on any atom is -0.494 e. The van der Waals surface area contributed by atoms with Crippen molar-refractivity contribution in [1.29, 1.82) is 0 Å². The quantitative estimate of drug-likeness (QED) is 0.730. The second-order valence-electron chi connectivity index (χ2n) is 4.85. The number of ether oxygens (including phenoxy) is 3. The molecular weight excluding hydrogens is 242 g/mol. The van der Waals surface area contributed by atoms with Gasteiger partial charge >= 0.3 is 0 Å². The van der Waals surface area contributed by atoms with Crippen LogP contribution in [0.1, 0.15) is 18.4 Å². The Hall–Kier alpha value is -1.10. The van der Waals surface area contributed by atoms with Gasteiger partial charge in [0.05, 0.1) is 19.8 Å². The second kappa shape index (κ2) is 8.15. The standard InChI is InChI=1S/C15H23NO3/c16-10-13-2-4-15(5-3-13)19-8-1-7-17-11-14-6-9-18-12-14/h2-5,14H,1,6-12,16H2. The average Bonchev–Trinajstić information content (AvgIpc) is 2.96. The van der Waals surface area contributed by atoms with Gasteiger partial charge in [-0.15, -0.1) is 0 Å². The van der Waals surface area contributed by atoms with E-state index in [4.69, 9.17) is 19.9 Å². The number of nitrogens with two attached hydrogens (primary N) is 1. The molecule has 2 rings (SSSR count). The molecule has 1 aromatic carbocycles. The van der Waals surface area contributed by atoms with E-state index in [1.54, 1.807) is 0 Å². The molecule has 1 saturated heterocycles. The van der Waals surface area contributed by atoms with Crippen LogP contribution in [0.5, 0.6) is 5.75 Å². The summed E-state index contributed by atoms with van der Waals surface area (Å²) < 4.78 is 16.5. The smallest absolute Gasteiger partial charge is 0.119 e. The van der Waals surface area contributed by atoms with Crippen molar-refractivity contribution in [3.8, 4) is 5.75 Å². The van der Waals surface area contributed by atoms with Crippen LogP contribution in [0, 0.1) is 5.92 Å². The van der Waals surface area contributed by atoms with E-state index in [2.05, 4.69) is 0 Å². The number of benzene rings is 1. The highest BCUT2D eigenvalue weighted by molar-refractivity contribution is 5.26. The van der Waals surface area contributed by atoms with Crippen molar-refractivity contribution in [2.24, 2.45) is 11.7 Å². The lowest BCUT2D eigenvalue weighted by Crippen LogP contribution is -2.11. The third kappa shape index (κ3) is 5.19. The van der Waals surface area contributed by atoms with Crippen LogP contribution in [-0.2, 0) is 16.0 Å². The van der Waals surface area contributed by atoms with Gasteiger partial charge in [-0.3, -0.25) is 0 Å². The molecule has 1 aromatic rings. The van der Waals surface area contributed by atoms with Crippen LogP contribution in [-0.4, -0.2) is 33.0 Å². The van der Waals surface area contributed by atoms with Gasteiger partial charge in [0.25, 0.3) is 0 Å². The summed E-state index contributed by atoms with van der Waals surface area (Å²) in [5.41, 5.74) is 6.66. The van der Waals surface area contributed by atoms with Gasteiger partial charge in [0, 0.05) is 32.1 Å². The first-order chi connectivity index (χ1) is 9.38. The largest absolute Gasteiger partial charge is 0.494 e. The highest BCUT2D eigenvalue weighted by Crippen LogP contribution is 2.13. The molecule has 106 valence electrons. The zero-order valence-electron chi connectivity index (χ0n) is 11.3. The van der Waals surface area contributed by atoms with Gasteiger partial charge in [0.15, 0.2) is 0 Å². The predicted octanol–water partition coefficient (Wildman–Crippen LogP) is 1.97. The number of rotatable bonds is 8. The summed E-state index contributed by atoms with van der Waals surface area (Å²) in [5.74, 6) is 1.48. The van der Waals surface area contributed by atoms with Crippen LogP contribution in [0.25, 0.3) is 0 Å². The molecule has 1 aliphatic rings. The van der Waals surface area contributed by atoms with Crippen molar-refractivity contribution in [2.45, 2.75) is 19.4 Å². The SMILES string of the molecule is NCc1ccc(OCCCOCC2CCOC2)cc1. The molecule has 19 heavy (non-hydrogen) atoms. The van der Waals surface area contributed by atoms with Crippen molar-refractivity contribution < 1.29 is 14.2 Å². The van der Waals surface area contributed by atoms with Gasteiger partial charge in [0.2, 0.25) is 0 Å². The molecule has 1 aliphatic heterocycles. The summed E-state index contributed by atoms with van der Waals surface area (Å²) in [6, 6.07) is 7.90. The van der Waals surface area contributed by atoms with E-state index in [1.807, 2.05) is 24.3 Å². The summed E-state index contributed by atoms with van der Waals surface area (Å²) in [6.07, 6.45) is 2.04. The molecule has 4 nitrogen and oxygen atoms in total. The first-order valence-corrected chi connectivity index (χ1v) is 6.96. The van der Waals surface area contributed by atoms with E-state index < -0.39 is 0 Å². The first kappa shape index (κ1) is 14.3. The molecule has 0 spiro atoms. The lowest BCUT2D eigenvalue weighted by molar-refractivity contribution is 0.0814. The molecular formula is C15H23NO3. The molecule has 2 N–H and O–H groups in total. The predicted molar refractivity (Wildman–Crippen MR) is 74.2 cm³/mol. The molecule has 4 heteroatoms. The van der Waals surface area contributed by atoms with Gasteiger partial charge in [-0.25, -0.2) is 0 Å². The van der Waals surface area contributed by atoms with Crippen LogP contribution >= 0.6 is 0 Å². The summed E-state index contributed by atoms with van der Waals surface area (Å²) >= 11 is 0. The Morgan fingerprint density at radius 1 is 1.21 bits per heavy atom. The topological polar surface area (TPSA) is 53.7 Å². The minimum atomic E-state index is 0.568. The number of hydrogen-bond donors (Lipinski definition) is 1. The van der Waals surface area contributed by atoms with Crippen LogP contribution in [0.15, 0.2) is 24.3 Å². The fourth-order valence-electron chi connectivity index (χ4n) is 2.04.